The largest absolute Gasteiger partial charge is 0.494 e. The van der Waals surface area contributed by atoms with E-state index >= 15 is 0 Å². The van der Waals surface area contributed by atoms with E-state index in [4.69, 9.17) is 9.47 Å². The van der Waals surface area contributed by atoms with E-state index in [0.29, 0.717) is 33.7 Å². The van der Waals surface area contributed by atoms with E-state index in [1.807, 2.05) is 54.8 Å². The molecule has 1 N–H and O–H groups in total. The second-order valence-corrected chi connectivity index (χ2v) is 7.41. The van der Waals surface area contributed by atoms with Crippen molar-refractivity contribution in [1.82, 2.24) is 20.1 Å². The number of methoxy groups -OCH3 is 2. The molecule has 7 nitrogen and oxygen atoms in total. The molecule has 0 saturated carbocycles. The first-order valence-corrected chi connectivity index (χ1v) is 10.2. The van der Waals surface area contributed by atoms with Crippen molar-refractivity contribution in [1.29, 1.82) is 0 Å². The van der Waals surface area contributed by atoms with Crippen LogP contribution in [0.4, 0.5) is 0 Å². The van der Waals surface area contributed by atoms with Gasteiger partial charge in [-0.15, -0.1) is 10.2 Å². The van der Waals surface area contributed by atoms with Crippen LogP contribution in [0.5, 0.6) is 11.5 Å². The van der Waals surface area contributed by atoms with Crippen LogP contribution >= 0.6 is 11.8 Å². The van der Waals surface area contributed by atoms with Crippen molar-refractivity contribution in [3.63, 3.8) is 0 Å². The molecule has 3 aromatic rings. The van der Waals surface area contributed by atoms with Crippen molar-refractivity contribution >= 4 is 17.7 Å². The summed E-state index contributed by atoms with van der Waals surface area (Å²) in [4.78, 5) is 12.6. The number of hydrogen-bond acceptors (Lipinski definition) is 6. The van der Waals surface area contributed by atoms with Gasteiger partial charge in [-0.25, -0.2) is 0 Å². The number of para-hydroxylation sites is 1. The molecule has 1 aromatic heterocycles. The molecular weight excluding hydrogens is 388 g/mol. The Bertz CT molecular complexity index is 981. The zero-order valence-corrected chi connectivity index (χ0v) is 17.7. The Hall–Kier alpha value is -3.00. The van der Waals surface area contributed by atoms with E-state index in [-0.39, 0.29) is 12.5 Å². The number of nitrogens with one attached hydrogen (secondary N) is 1. The maximum Gasteiger partial charge on any atom is 0.251 e. The second-order valence-electron chi connectivity index (χ2n) is 6.18. The highest BCUT2D eigenvalue weighted by Gasteiger charge is 2.21. The summed E-state index contributed by atoms with van der Waals surface area (Å²) < 4.78 is 13.0. The fourth-order valence-electron chi connectivity index (χ4n) is 3.00. The molecular formula is C21H24N4O3S. The Morgan fingerprint density at radius 2 is 1.76 bits per heavy atom. The lowest BCUT2D eigenvalue weighted by molar-refractivity contribution is 0.0949. The topological polar surface area (TPSA) is 78.3 Å². The number of carbonyl (C=O) groups excluding carboxylic acids is 1. The minimum atomic E-state index is -0.158. The predicted octanol–water partition coefficient (Wildman–Crippen LogP) is 3.63. The molecule has 0 unspecified atom stereocenters. The van der Waals surface area contributed by atoms with Gasteiger partial charge in [0.25, 0.3) is 5.91 Å². The third-order valence-electron chi connectivity index (χ3n) is 4.40. The van der Waals surface area contributed by atoms with Crippen LogP contribution < -0.4 is 14.8 Å². The molecule has 3 rings (SSSR count). The van der Waals surface area contributed by atoms with Crippen molar-refractivity contribution in [2.75, 3.05) is 20.0 Å². The summed E-state index contributed by atoms with van der Waals surface area (Å²) in [6.07, 6.45) is 0. The minimum Gasteiger partial charge on any atom is -0.494 e. The Balaban J connectivity index is 1.98. The molecule has 0 fully saturated rings. The zero-order valence-electron chi connectivity index (χ0n) is 16.9. The minimum absolute atomic E-state index is 0.158. The van der Waals surface area contributed by atoms with Gasteiger partial charge in [-0.1, -0.05) is 43.0 Å². The molecule has 29 heavy (non-hydrogen) atoms. The van der Waals surface area contributed by atoms with E-state index < -0.39 is 0 Å². The maximum absolute atomic E-state index is 12.6. The number of rotatable bonds is 8. The van der Waals surface area contributed by atoms with E-state index in [0.717, 1.165) is 11.3 Å². The fraction of sp³-hybridized carbons (Fsp3) is 0.286. The molecule has 8 heteroatoms. The summed E-state index contributed by atoms with van der Waals surface area (Å²) in [6.45, 7) is 4.17. The first-order valence-electron chi connectivity index (χ1n) is 9.23. The number of benzene rings is 2. The number of hydrogen-bond donors (Lipinski definition) is 1. The van der Waals surface area contributed by atoms with E-state index in [1.54, 1.807) is 32.0 Å². The summed E-state index contributed by atoms with van der Waals surface area (Å²) >= 11 is 1.55. The summed E-state index contributed by atoms with van der Waals surface area (Å²) in [6, 6.07) is 13.0. The average Bonchev–Trinajstić information content (AvgIpc) is 3.14. The normalized spacial score (nSPS) is 10.6. The Kier molecular flexibility index (Phi) is 6.77. The summed E-state index contributed by atoms with van der Waals surface area (Å²) in [5, 5.41) is 12.3. The standard InChI is InChI=1S/C21H24N4O3S/c1-5-29-21-24-23-18(13-22-20(26)15-10-7-6-9-14(15)2)25(21)19-16(27-3)11-8-12-17(19)28-4/h6-12H,5,13H2,1-4H3,(H,22,26). The van der Waals surface area contributed by atoms with Crippen LogP contribution in [0.25, 0.3) is 5.69 Å². The highest BCUT2D eigenvalue weighted by atomic mass is 32.2. The average molecular weight is 413 g/mol. The zero-order chi connectivity index (χ0) is 20.8. The van der Waals surface area contributed by atoms with Crippen molar-refractivity contribution < 1.29 is 14.3 Å². The molecule has 0 bridgehead atoms. The van der Waals surface area contributed by atoms with Gasteiger partial charge in [0.1, 0.15) is 17.2 Å². The number of nitrogens with zero attached hydrogens (tertiary/aromatic N) is 3. The van der Waals surface area contributed by atoms with E-state index in [1.165, 1.54) is 0 Å². The number of amides is 1. The maximum atomic E-state index is 12.6. The lowest BCUT2D eigenvalue weighted by Gasteiger charge is -2.17. The third kappa shape index (κ3) is 4.37. The van der Waals surface area contributed by atoms with Gasteiger partial charge >= 0.3 is 0 Å². The highest BCUT2D eigenvalue weighted by molar-refractivity contribution is 7.99. The molecule has 0 aliphatic rings. The summed E-state index contributed by atoms with van der Waals surface area (Å²) in [5.74, 6) is 2.52. The van der Waals surface area contributed by atoms with Gasteiger partial charge in [0.15, 0.2) is 11.0 Å². The Labute approximate surface area is 174 Å². The summed E-state index contributed by atoms with van der Waals surface area (Å²) in [5.41, 5.74) is 2.26. The van der Waals surface area contributed by atoms with Gasteiger partial charge in [0.05, 0.1) is 20.8 Å². The molecule has 1 amide bonds. The Morgan fingerprint density at radius 1 is 1.07 bits per heavy atom. The van der Waals surface area contributed by atoms with Crippen molar-refractivity contribution in [2.24, 2.45) is 0 Å². The first-order chi connectivity index (χ1) is 14.1. The van der Waals surface area contributed by atoms with E-state index in [9.17, 15) is 4.79 Å². The van der Waals surface area contributed by atoms with E-state index in [2.05, 4.69) is 15.5 Å². The summed E-state index contributed by atoms with van der Waals surface area (Å²) in [7, 11) is 3.21. The number of aromatic nitrogens is 3. The van der Waals surface area contributed by atoms with Crippen LogP contribution in [0.15, 0.2) is 47.6 Å². The van der Waals surface area contributed by atoms with Crippen LogP contribution in [-0.2, 0) is 6.54 Å². The number of carbonyl (C=O) groups is 1. The molecule has 1 heterocycles. The van der Waals surface area contributed by atoms with Crippen LogP contribution in [0.1, 0.15) is 28.7 Å². The van der Waals surface area contributed by atoms with Crippen LogP contribution in [0.3, 0.4) is 0 Å². The molecule has 0 aliphatic heterocycles. The van der Waals surface area contributed by atoms with Gasteiger partial charge < -0.3 is 14.8 Å². The number of ether oxygens (including phenoxy) is 2. The molecule has 0 radical (unpaired) electrons. The first kappa shape index (κ1) is 20.7. The van der Waals surface area contributed by atoms with Gasteiger partial charge in [-0.2, -0.15) is 0 Å². The third-order valence-corrected chi connectivity index (χ3v) is 5.21. The van der Waals surface area contributed by atoms with Crippen molar-refractivity contribution in [3.8, 4) is 17.2 Å². The Morgan fingerprint density at radius 3 is 2.38 bits per heavy atom. The van der Waals surface area contributed by atoms with Crippen LogP contribution in [0, 0.1) is 6.92 Å². The molecule has 0 saturated heterocycles. The van der Waals surface area contributed by atoms with Crippen molar-refractivity contribution in [2.45, 2.75) is 25.5 Å². The van der Waals surface area contributed by atoms with Gasteiger partial charge in [0.2, 0.25) is 0 Å². The quantitative estimate of drug-likeness (QED) is 0.569. The van der Waals surface area contributed by atoms with Crippen LogP contribution in [-0.4, -0.2) is 40.6 Å². The molecule has 0 spiro atoms. The van der Waals surface area contributed by atoms with Gasteiger partial charge in [0, 0.05) is 5.56 Å². The molecule has 0 atom stereocenters. The number of thioether (sulfide) groups is 1. The lowest BCUT2D eigenvalue weighted by atomic mass is 10.1. The van der Waals surface area contributed by atoms with Gasteiger partial charge in [-0.05, 0) is 36.4 Å². The smallest absolute Gasteiger partial charge is 0.251 e. The lowest BCUT2D eigenvalue weighted by Crippen LogP contribution is -2.25. The molecule has 152 valence electrons. The second kappa shape index (κ2) is 9.47. The number of aryl methyl sites for hydroxylation is 1. The SMILES string of the molecule is CCSc1nnc(CNC(=O)c2ccccc2C)n1-c1c(OC)cccc1OC. The van der Waals surface area contributed by atoms with Gasteiger partial charge in [-0.3, -0.25) is 9.36 Å². The molecule has 2 aromatic carbocycles. The van der Waals surface area contributed by atoms with Crippen molar-refractivity contribution in [3.05, 3.63) is 59.4 Å². The monoisotopic (exact) mass is 412 g/mol. The molecule has 0 aliphatic carbocycles. The van der Waals surface area contributed by atoms with Crippen LogP contribution in [0.2, 0.25) is 0 Å². The predicted molar refractivity (Wildman–Crippen MR) is 113 cm³/mol. The highest BCUT2D eigenvalue weighted by Crippen LogP contribution is 2.35. The fourth-order valence-corrected chi connectivity index (χ4v) is 3.68.